The molecule has 0 radical (unpaired) electrons. The van der Waals surface area contributed by atoms with Crippen LogP contribution >= 0.6 is 0 Å². The standard InChI is InChI=1S/C21H25N3O4S/c1-15-6-9-18(10-7-15)24(29(3,27)28)14-20(25)22-17-8-11-19(16(2)13-17)23-12-4-5-21(23)26/h6-11,13H,4-5,12,14H2,1-3H3,(H,22,25). The third kappa shape index (κ3) is 4.95. The third-order valence-corrected chi connectivity index (χ3v) is 5.99. The van der Waals surface area contributed by atoms with Crippen molar-refractivity contribution in [3.05, 3.63) is 53.6 Å². The second-order valence-corrected chi connectivity index (χ2v) is 9.21. The van der Waals surface area contributed by atoms with Crippen LogP contribution in [0.2, 0.25) is 0 Å². The number of rotatable bonds is 6. The van der Waals surface area contributed by atoms with Gasteiger partial charge in [-0.1, -0.05) is 17.7 Å². The van der Waals surface area contributed by atoms with Crippen molar-refractivity contribution in [2.24, 2.45) is 0 Å². The number of hydrogen-bond donors (Lipinski definition) is 1. The molecule has 29 heavy (non-hydrogen) atoms. The van der Waals surface area contributed by atoms with Gasteiger partial charge in [-0.25, -0.2) is 8.42 Å². The third-order valence-electron chi connectivity index (χ3n) is 4.85. The normalized spacial score (nSPS) is 14.2. The van der Waals surface area contributed by atoms with E-state index in [1.807, 2.05) is 19.9 Å². The lowest BCUT2D eigenvalue weighted by molar-refractivity contribution is -0.117. The van der Waals surface area contributed by atoms with E-state index >= 15 is 0 Å². The number of hydrogen-bond acceptors (Lipinski definition) is 4. The summed E-state index contributed by atoms with van der Waals surface area (Å²) in [6.45, 7) is 4.16. The maximum atomic E-state index is 12.5. The van der Waals surface area contributed by atoms with Crippen LogP contribution in [0.15, 0.2) is 42.5 Å². The molecule has 0 aliphatic carbocycles. The molecule has 1 aliphatic rings. The van der Waals surface area contributed by atoms with E-state index in [-0.39, 0.29) is 12.5 Å². The van der Waals surface area contributed by atoms with Crippen molar-refractivity contribution < 1.29 is 18.0 Å². The molecule has 8 heteroatoms. The summed E-state index contributed by atoms with van der Waals surface area (Å²) < 4.78 is 25.5. The van der Waals surface area contributed by atoms with E-state index in [1.54, 1.807) is 41.3 Å². The number of anilines is 3. The number of benzene rings is 2. The first-order chi connectivity index (χ1) is 13.6. The Balaban J connectivity index is 1.74. The fourth-order valence-corrected chi connectivity index (χ4v) is 4.24. The average molecular weight is 416 g/mol. The number of nitrogens with zero attached hydrogens (tertiary/aromatic N) is 2. The SMILES string of the molecule is Cc1ccc(N(CC(=O)Nc2ccc(N3CCCC3=O)c(C)c2)S(C)(=O)=O)cc1. The Kier molecular flexibility index (Phi) is 5.93. The summed E-state index contributed by atoms with van der Waals surface area (Å²) in [5.74, 6) is -0.341. The van der Waals surface area contributed by atoms with Crippen LogP contribution in [0.4, 0.5) is 17.1 Å². The van der Waals surface area contributed by atoms with Crippen LogP contribution in [-0.2, 0) is 19.6 Å². The van der Waals surface area contributed by atoms with Gasteiger partial charge in [-0.05, 0) is 56.2 Å². The smallest absolute Gasteiger partial charge is 0.245 e. The van der Waals surface area contributed by atoms with Gasteiger partial charge in [0.05, 0.1) is 11.9 Å². The Bertz CT molecular complexity index is 1030. The zero-order valence-electron chi connectivity index (χ0n) is 16.8. The molecule has 1 saturated heterocycles. The highest BCUT2D eigenvalue weighted by Gasteiger charge is 2.24. The highest BCUT2D eigenvalue weighted by atomic mass is 32.2. The molecular formula is C21H25N3O4S. The molecule has 1 fully saturated rings. The van der Waals surface area contributed by atoms with Crippen LogP contribution in [0.1, 0.15) is 24.0 Å². The van der Waals surface area contributed by atoms with Crippen molar-refractivity contribution in [3.63, 3.8) is 0 Å². The highest BCUT2D eigenvalue weighted by Crippen LogP contribution is 2.27. The zero-order chi connectivity index (χ0) is 21.2. The van der Waals surface area contributed by atoms with Gasteiger partial charge in [-0.15, -0.1) is 0 Å². The van der Waals surface area contributed by atoms with Crippen molar-refractivity contribution in [2.75, 3.05) is 33.9 Å². The molecule has 7 nitrogen and oxygen atoms in total. The summed E-state index contributed by atoms with van der Waals surface area (Å²) in [6.07, 6.45) is 2.47. The Morgan fingerprint density at radius 1 is 1.14 bits per heavy atom. The van der Waals surface area contributed by atoms with Crippen molar-refractivity contribution in [1.29, 1.82) is 0 Å². The predicted molar refractivity (Wildman–Crippen MR) is 115 cm³/mol. The van der Waals surface area contributed by atoms with E-state index in [1.165, 1.54) is 0 Å². The van der Waals surface area contributed by atoms with Crippen molar-refractivity contribution >= 4 is 38.9 Å². The Morgan fingerprint density at radius 2 is 1.83 bits per heavy atom. The monoisotopic (exact) mass is 415 g/mol. The van der Waals surface area contributed by atoms with Crippen molar-refractivity contribution in [2.45, 2.75) is 26.7 Å². The molecular weight excluding hydrogens is 390 g/mol. The van der Waals surface area contributed by atoms with Crippen LogP contribution < -0.4 is 14.5 Å². The van der Waals surface area contributed by atoms with Gasteiger partial charge >= 0.3 is 0 Å². The van der Waals surface area contributed by atoms with E-state index in [4.69, 9.17) is 0 Å². The molecule has 0 bridgehead atoms. The van der Waals surface area contributed by atoms with Crippen LogP contribution in [0.5, 0.6) is 0 Å². The van der Waals surface area contributed by atoms with Gasteiger partial charge in [0.2, 0.25) is 21.8 Å². The molecule has 154 valence electrons. The molecule has 0 unspecified atom stereocenters. The van der Waals surface area contributed by atoms with E-state index in [9.17, 15) is 18.0 Å². The van der Waals surface area contributed by atoms with E-state index < -0.39 is 15.9 Å². The predicted octanol–water partition coefficient (Wildman–Crippen LogP) is 2.83. The summed E-state index contributed by atoms with van der Waals surface area (Å²) in [6, 6.07) is 12.3. The number of amides is 2. The fraction of sp³-hybridized carbons (Fsp3) is 0.333. The first kappa shape index (κ1) is 20.9. The molecule has 1 aliphatic heterocycles. The minimum atomic E-state index is -3.62. The molecule has 0 aromatic heterocycles. The summed E-state index contributed by atoms with van der Waals surface area (Å²) in [7, 11) is -3.62. The summed E-state index contributed by atoms with van der Waals surface area (Å²) in [4.78, 5) is 26.2. The lowest BCUT2D eigenvalue weighted by Gasteiger charge is -2.22. The van der Waals surface area contributed by atoms with E-state index in [0.29, 0.717) is 24.3 Å². The van der Waals surface area contributed by atoms with Gasteiger partial charge in [0.15, 0.2) is 0 Å². The first-order valence-electron chi connectivity index (χ1n) is 9.40. The molecule has 0 atom stereocenters. The van der Waals surface area contributed by atoms with Gasteiger partial charge in [0.1, 0.15) is 6.54 Å². The second kappa shape index (κ2) is 8.24. The molecule has 2 aromatic rings. The molecule has 3 rings (SSSR count). The summed E-state index contributed by atoms with van der Waals surface area (Å²) in [5, 5.41) is 2.75. The molecule has 2 amide bonds. The Morgan fingerprint density at radius 3 is 2.38 bits per heavy atom. The topological polar surface area (TPSA) is 86.8 Å². The van der Waals surface area contributed by atoms with Gasteiger partial charge in [0, 0.05) is 24.3 Å². The number of carbonyl (C=O) groups is 2. The molecule has 0 spiro atoms. The second-order valence-electron chi connectivity index (χ2n) is 7.30. The number of nitrogens with one attached hydrogen (secondary N) is 1. The van der Waals surface area contributed by atoms with Gasteiger partial charge in [-0.3, -0.25) is 13.9 Å². The minimum absolute atomic E-state index is 0.103. The lowest BCUT2D eigenvalue weighted by atomic mass is 10.1. The quantitative estimate of drug-likeness (QED) is 0.786. The lowest BCUT2D eigenvalue weighted by Crippen LogP contribution is -2.37. The largest absolute Gasteiger partial charge is 0.325 e. The Labute approximate surface area is 171 Å². The number of aryl methyl sites for hydroxylation is 2. The molecule has 0 saturated carbocycles. The Hall–Kier alpha value is -2.87. The molecule has 2 aromatic carbocycles. The zero-order valence-corrected chi connectivity index (χ0v) is 17.6. The van der Waals surface area contributed by atoms with Crippen LogP contribution in [0, 0.1) is 13.8 Å². The van der Waals surface area contributed by atoms with Gasteiger partial charge in [0.25, 0.3) is 0 Å². The maximum absolute atomic E-state index is 12.5. The average Bonchev–Trinajstić information content (AvgIpc) is 3.06. The van der Waals surface area contributed by atoms with Crippen LogP contribution in [0.25, 0.3) is 0 Å². The van der Waals surface area contributed by atoms with E-state index in [2.05, 4.69) is 5.32 Å². The summed E-state index contributed by atoms with van der Waals surface area (Å²) >= 11 is 0. The number of sulfonamides is 1. The molecule has 1 heterocycles. The van der Waals surface area contributed by atoms with Crippen LogP contribution in [0.3, 0.4) is 0 Å². The highest BCUT2D eigenvalue weighted by molar-refractivity contribution is 7.92. The van der Waals surface area contributed by atoms with Crippen molar-refractivity contribution in [1.82, 2.24) is 0 Å². The van der Waals surface area contributed by atoms with E-state index in [0.717, 1.165) is 33.8 Å². The minimum Gasteiger partial charge on any atom is -0.325 e. The van der Waals surface area contributed by atoms with Crippen molar-refractivity contribution in [3.8, 4) is 0 Å². The van der Waals surface area contributed by atoms with Gasteiger partial charge in [-0.2, -0.15) is 0 Å². The first-order valence-corrected chi connectivity index (χ1v) is 11.3. The van der Waals surface area contributed by atoms with Crippen LogP contribution in [-0.4, -0.2) is 39.6 Å². The maximum Gasteiger partial charge on any atom is 0.245 e. The fourth-order valence-electron chi connectivity index (χ4n) is 3.38. The van der Waals surface area contributed by atoms with Gasteiger partial charge < -0.3 is 10.2 Å². The number of carbonyl (C=O) groups excluding carboxylic acids is 2. The molecule has 1 N–H and O–H groups in total. The summed E-state index contributed by atoms with van der Waals surface area (Å²) in [5.41, 5.74) is 3.70.